The summed E-state index contributed by atoms with van der Waals surface area (Å²) >= 11 is 0. The van der Waals surface area contributed by atoms with E-state index in [1.165, 1.54) is 6.26 Å². The average Bonchev–Trinajstić information content (AvgIpc) is 3.17. The van der Waals surface area contributed by atoms with Gasteiger partial charge in [0.15, 0.2) is 15.6 Å². The number of carbonyl (C=O) groups excluding carboxylic acids is 1. The minimum Gasteiger partial charge on any atom is -0.497 e. The zero-order valence-corrected chi connectivity index (χ0v) is 16.7. The van der Waals surface area contributed by atoms with E-state index in [0.29, 0.717) is 33.5 Å². The van der Waals surface area contributed by atoms with Gasteiger partial charge in [0.25, 0.3) is 0 Å². The summed E-state index contributed by atoms with van der Waals surface area (Å²) in [7, 11) is -1.81. The van der Waals surface area contributed by atoms with Gasteiger partial charge in [-0.2, -0.15) is 0 Å². The molecule has 0 spiro atoms. The zero-order chi connectivity index (χ0) is 20.6. The van der Waals surface area contributed by atoms with Crippen LogP contribution in [0.3, 0.4) is 0 Å². The molecule has 0 bridgehead atoms. The maximum absolute atomic E-state index is 13.2. The number of hydrogen-bond acceptors (Lipinski definition) is 5. The number of carbonyl (C=O) groups is 1. The summed E-state index contributed by atoms with van der Waals surface area (Å²) in [6.07, 6.45) is 4.42. The Morgan fingerprint density at radius 1 is 1.07 bits per heavy atom. The second-order valence-corrected chi connectivity index (χ2v) is 8.66. The lowest BCUT2D eigenvalue weighted by Crippen LogP contribution is -2.01. The summed E-state index contributed by atoms with van der Waals surface area (Å²) in [6, 6.07) is 15.4. The van der Waals surface area contributed by atoms with Gasteiger partial charge in [0.2, 0.25) is 0 Å². The van der Waals surface area contributed by atoms with Crippen molar-refractivity contribution in [3.8, 4) is 16.9 Å². The van der Waals surface area contributed by atoms with Crippen molar-refractivity contribution in [2.24, 2.45) is 0 Å². The second kappa shape index (κ2) is 7.18. The van der Waals surface area contributed by atoms with Gasteiger partial charge in [-0.05, 0) is 41.5 Å². The fraction of sp³-hybridized carbons (Fsp3) is 0.0909. The third kappa shape index (κ3) is 3.52. The third-order valence-electron chi connectivity index (χ3n) is 4.72. The van der Waals surface area contributed by atoms with Crippen molar-refractivity contribution in [2.45, 2.75) is 4.90 Å². The minimum absolute atomic E-state index is 0.177. The van der Waals surface area contributed by atoms with Gasteiger partial charge in [-0.1, -0.05) is 24.3 Å². The molecule has 0 radical (unpaired) electrons. The summed E-state index contributed by atoms with van der Waals surface area (Å²) in [6.45, 7) is 0. The SMILES string of the molecule is COc1cccc(C(=O)c2c[nH]c3nccc(-c4cccc(S(C)(=O)=O)c4)c23)c1. The van der Waals surface area contributed by atoms with E-state index in [4.69, 9.17) is 4.74 Å². The molecule has 0 saturated carbocycles. The maximum Gasteiger partial charge on any atom is 0.195 e. The normalized spacial score (nSPS) is 11.5. The number of hydrogen-bond donors (Lipinski definition) is 1. The number of rotatable bonds is 5. The van der Waals surface area contributed by atoms with E-state index in [-0.39, 0.29) is 10.7 Å². The molecule has 2 aromatic carbocycles. The molecule has 4 aromatic rings. The van der Waals surface area contributed by atoms with E-state index in [0.717, 1.165) is 5.56 Å². The van der Waals surface area contributed by atoms with E-state index in [1.54, 1.807) is 68.0 Å². The van der Waals surface area contributed by atoms with Crippen LogP contribution in [0, 0.1) is 0 Å². The number of ether oxygens (including phenoxy) is 1. The summed E-state index contributed by atoms with van der Waals surface area (Å²) in [4.78, 5) is 20.8. The average molecular weight is 406 g/mol. The van der Waals surface area contributed by atoms with Crippen LogP contribution in [0.1, 0.15) is 15.9 Å². The Hall–Kier alpha value is -3.45. The molecule has 0 aliphatic carbocycles. The van der Waals surface area contributed by atoms with Gasteiger partial charge in [-0.3, -0.25) is 4.79 Å². The molecule has 0 aliphatic heterocycles. The van der Waals surface area contributed by atoms with E-state index < -0.39 is 9.84 Å². The van der Waals surface area contributed by atoms with Crippen LogP contribution < -0.4 is 4.74 Å². The standard InChI is InChI=1S/C22H18N2O4S/c1-28-16-7-3-6-15(11-16)21(25)19-13-24-22-20(19)18(9-10-23-22)14-5-4-8-17(12-14)29(2,26)27/h3-13H,1-2H3,(H,23,24). The molecule has 7 heteroatoms. The van der Waals surface area contributed by atoms with Gasteiger partial charge in [-0.15, -0.1) is 0 Å². The fourth-order valence-corrected chi connectivity index (χ4v) is 3.96. The van der Waals surface area contributed by atoms with Gasteiger partial charge < -0.3 is 9.72 Å². The number of sulfone groups is 1. The molecular weight excluding hydrogens is 388 g/mol. The summed E-state index contributed by atoms with van der Waals surface area (Å²) in [5, 5.41) is 0.644. The van der Waals surface area contributed by atoms with Crippen LogP contribution in [0.5, 0.6) is 5.75 Å². The van der Waals surface area contributed by atoms with Crippen molar-refractivity contribution in [3.63, 3.8) is 0 Å². The van der Waals surface area contributed by atoms with Crippen molar-refractivity contribution in [1.29, 1.82) is 0 Å². The molecule has 0 atom stereocenters. The number of nitrogens with zero attached hydrogens (tertiary/aromatic N) is 1. The first-order valence-corrected chi connectivity index (χ1v) is 10.7. The van der Waals surface area contributed by atoms with E-state index in [2.05, 4.69) is 9.97 Å². The van der Waals surface area contributed by atoms with Crippen molar-refractivity contribution < 1.29 is 17.9 Å². The molecule has 2 aromatic heterocycles. The summed E-state index contributed by atoms with van der Waals surface area (Å²) in [5.74, 6) is 0.415. The van der Waals surface area contributed by atoms with Crippen molar-refractivity contribution in [2.75, 3.05) is 13.4 Å². The monoisotopic (exact) mass is 406 g/mol. The van der Waals surface area contributed by atoms with Gasteiger partial charge >= 0.3 is 0 Å². The van der Waals surface area contributed by atoms with Gasteiger partial charge in [-0.25, -0.2) is 13.4 Å². The third-order valence-corrected chi connectivity index (χ3v) is 5.83. The molecule has 0 amide bonds. The van der Waals surface area contributed by atoms with Crippen LogP contribution >= 0.6 is 0 Å². The summed E-state index contributed by atoms with van der Waals surface area (Å²) in [5.41, 5.74) is 2.93. The first kappa shape index (κ1) is 18.9. The van der Waals surface area contributed by atoms with E-state index in [1.807, 2.05) is 6.07 Å². The van der Waals surface area contributed by atoms with E-state index >= 15 is 0 Å². The topological polar surface area (TPSA) is 89.1 Å². The smallest absolute Gasteiger partial charge is 0.195 e. The highest BCUT2D eigenvalue weighted by molar-refractivity contribution is 7.90. The molecule has 0 saturated heterocycles. The van der Waals surface area contributed by atoms with Gasteiger partial charge in [0.1, 0.15) is 11.4 Å². The fourth-order valence-electron chi connectivity index (χ4n) is 3.29. The number of nitrogens with one attached hydrogen (secondary N) is 1. The van der Waals surface area contributed by atoms with Crippen LogP contribution in [0.15, 0.2) is 71.9 Å². The number of fused-ring (bicyclic) bond motifs is 1. The molecule has 4 rings (SSSR count). The zero-order valence-electron chi connectivity index (χ0n) is 15.8. The largest absolute Gasteiger partial charge is 0.497 e. The number of benzene rings is 2. The lowest BCUT2D eigenvalue weighted by Gasteiger charge is -2.08. The van der Waals surface area contributed by atoms with Crippen molar-refractivity contribution >= 4 is 26.7 Å². The van der Waals surface area contributed by atoms with Crippen LogP contribution in [-0.4, -0.2) is 37.5 Å². The predicted molar refractivity (Wildman–Crippen MR) is 111 cm³/mol. The van der Waals surface area contributed by atoms with Crippen LogP contribution in [-0.2, 0) is 9.84 Å². The molecule has 1 N–H and O–H groups in total. The molecule has 2 heterocycles. The van der Waals surface area contributed by atoms with Gasteiger partial charge in [0.05, 0.1) is 17.6 Å². The summed E-state index contributed by atoms with van der Waals surface area (Å²) < 4.78 is 29.2. The first-order chi connectivity index (χ1) is 13.9. The molecule has 146 valence electrons. The Bertz CT molecular complexity index is 1340. The first-order valence-electron chi connectivity index (χ1n) is 8.84. The Morgan fingerprint density at radius 3 is 2.62 bits per heavy atom. The Balaban J connectivity index is 1.90. The van der Waals surface area contributed by atoms with Crippen LogP contribution in [0.2, 0.25) is 0 Å². The number of aromatic nitrogens is 2. The molecule has 0 unspecified atom stereocenters. The predicted octanol–water partition coefficient (Wildman–Crippen LogP) is 3.87. The maximum atomic E-state index is 13.2. The lowest BCUT2D eigenvalue weighted by atomic mass is 9.97. The lowest BCUT2D eigenvalue weighted by molar-refractivity contribution is 0.104. The Morgan fingerprint density at radius 2 is 1.86 bits per heavy atom. The van der Waals surface area contributed by atoms with E-state index in [9.17, 15) is 13.2 Å². The Labute approximate surface area is 168 Å². The highest BCUT2D eigenvalue weighted by Gasteiger charge is 2.19. The molecule has 6 nitrogen and oxygen atoms in total. The number of methoxy groups -OCH3 is 1. The number of aromatic amines is 1. The minimum atomic E-state index is -3.35. The molecule has 0 fully saturated rings. The Kier molecular flexibility index (Phi) is 4.68. The molecule has 0 aliphatic rings. The molecular formula is C22H18N2O4S. The number of H-pyrrole nitrogens is 1. The van der Waals surface area contributed by atoms with Crippen LogP contribution in [0.4, 0.5) is 0 Å². The second-order valence-electron chi connectivity index (χ2n) is 6.65. The van der Waals surface area contributed by atoms with Crippen molar-refractivity contribution in [3.05, 3.63) is 78.1 Å². The number of ketones is 1. The quantitative estimate of drug-likeness (QED) is 0.508. The van der Waals surface area contributed by atoms with Crippen LogP contribution in [0.25, 0.3) is 22.2 Å². The highest BCUT2D eigenvalue weighted by Crippen LogP contribution is 2.32. The number of pyridine rings is 1. The van der Waals surface area contributed by atoms with Crippen molar-refractivity contribution in [1.82, 2.24) is 9.97 Å². The van der Waals surface area contributed by atoms with Gasteiger partial charge in [0, 0.05) is 29.6 Å². The molecule has 29 heavy (non-hydrogen) atoms. The highest BCUT2D eigenvalue weighted by atomic mass is 32.2.